The summed E-state index contributed by atoms with van der Waals surface area (Å²) in [7, 11) is 0. The number of alkyl halides is 3. The maximum absolute atomic E-state index is 12.8. The Morgan fingerprint density at radius 1 is 1.16 bits per heavy atom. The Kier molecular flexibility index (Phi) is 3.26. The van der Waals surface area contributed by atoms with Gasteiger partial charge in [-0.3, -0.25) is 4.98 Å². The highest BCUT2D eigenvalue weighted by atomic mass is 19.4. The Bertz CT molecular complexity index is 598. The molecule has 0 amide bonds. The molecule has 0 saturated heterocycles. The summed E-state index contributed by atoms with van der Waals surface area (Å²) in [5.74, 6) is 0. The van der Waals surface area contributed by atoms with Crippen LogP contribution in [0.5, 0.6) is 0 Å². The van der Waals surface area contributed by atoms with Gasteiger partial charge in [0.25, 0.3) is 0 Å². The number of aromatic nitrogens is 1. The number of pyridine rings is 1. The highest BCUT2D eigenvalue weighted by Gasteiger charge is 2.32. The van der Waals surface area contributed by atoms with E-state index < -0.39 is 17.3 Å². The molecule has 0 spiro atoms. The van der Waals surface area contributed by atoms with Crippen molar-refractivity contribution in [2.75, 3.05) is 0 Å². The highest BCUT2D eigenvalue weighted by Crippen LogP contribution is 2.34. The number of nitrogens with zero attached hydrogens (tertiary/aromatic N) is 1. The normalized spacial score (nSPS) is 12.9. The van der Waals surface area contributed by atoms with E-state index in [4.69, 9.17) is 5.73 Å². The maximum atomic E-state index is 12.8. The van der Waals surface area contributed by atoms with E-state index in [1.54, 1.807) is 12.1 Å². The molecule has 0 bridgehead atoms. The summed E-state index contributed by atoms with van der Waals surface area (Å²) in [4.78, 5) is 3.67. The van der Waals surface area contributed by atoms with Gasteiger partial charge in [0.2, 0.25) is 0 Å². The molecule has 19 heavy (non-hydrogen) atoms. The van der Waals surface area contributed by atoms with Gasteiger partial charge >= 0.3 is 6.18 Å². The van der Waals surface area contributed by atoms with Crippen molar-refractivity contribution in [3.05, 3.63) is 41.7 Å². The summed E-state index contributed by atoms with van der Waals surface area (Å²) >= 11 is 0. The second kappa shape index (κ2) is 4.49. The minimum atomic E-state index is -4.39. The van der Waals surface area contributed by atoms with Gasteiger partial charge in [0.05, 0.1) is 5.56 Å². The fourth-order valence-corrected chi connectivity index (χ4v) is 2.09. The van der Waals surface area contributed by atoms with E-state index in [0.717, 1.165) is 11.8 Å². The Morgan fingerprint density at radius 3 is 2.42 bits per heavy atom. The third-order valence-corrected chi connectivity index (χ3v) is 2.79. The van der Waals surface area contributed by atoms with Crippen LogP contribution in [0.3, 0.4) is 0 Å². The summed E-state index contributed by atoms with van der Waals surface area (Å²) in [5.41, 5.74) is 5.71. The summed E-state index contributed by atoms with van der Waals surface area (Å²) < 4.78 is 38.5. The summed E-state index contributed by atoms with van der Waals surface area (Å²) in [5, 5.41) is 0.651. The van der Waals surface area contributed by atoms with Crippen molar-refractivity contribution in [3.63, 3.8) is 0 Å². The standard InChI is InChI=1S/C14H15F3N2/c1-13(2,18)6-9-3-4-11-10(5-9)7-19-8-12(11)14(15,16)17/h3-5,7-8H,6,18H2,1-2H3. The van der Waals surface area contributed by atoms with E-state index in [-0.39, 0.29) is 5.39 Å². The topological polar surface area (TPSA) is 38.9 Å². The zero-order chi connectivity index (χ0) is 14.3. The van der Waals surface area contributed by atoms with Crippen molar-refractivity contribution in [2.45, 2.75) is 32.0 Å². The lowest BCUT2D eigenvalue weighted by atomic mass is 9.94. The van der Waals surface area contributed by atoms with Crippen LogP contribution in [0, 0.1) is 0 Å². The van der Waals surface area contributed by atoms with Gasteiger partial charge in [-0.25, -0.2) is 0 Å². The molecule has 0 fully saturated rings. The number of rotatable bonds is 2. The molecule has 102 valence electrons. The lowest BCUT2D eigenvalue weighted by molar-refractivity contribution is -0.136. The van der Waals surface area contributed by atoms with Crippen LogP contribution in [0.25, 0.3) is 10.8 Å². The predicted molar refractivity (Wildman–Crippen MR) is 68.7 cm³/mol. The molecule has 0 aliphatic rings. The van der Waals surface area contributed by atoms with Gasteiger partial charge in [0.1, 0.15) is 0 Å². The van der Waals surface area contributed by atoms with E-state index >= 15 is 0 Å². The monoisotopic (exact) mass is 268 g/mol. The van der Waals surface area contributed by atoms with Gasteiger partial charge in [-0.1, -0.05) is 12.1 Å². The van der Waals surface area contributed by atoms with Crippen LogP contribution in [0.2, 0.25) is 0 Å². The van der Waals surface area contributed by atoms with Gasteiger partial charge in [0.15, 0.2) is 0 Å². The van der Waals surface area contributed by atoms with Gasteiger partial charge in [-0.15, -0.1) is 0 Å². The van der Waals surface area contributed by atoms with Crippen LogP contribution in [0.15, 0.2) is 30.6 Å². The molecular weight excluding hydrogens is 253 g/mol. The Morgan fingerprint density at radius 2 is 1.84 bits per heavy atom. The van der Waals surface area contributed by atoms with Gasteiger partial charge in [0, 0.05) is 23.3 Å². The number of hydrogen-bond donors (Lipinski definition) is 1. The second-order valence-corrected chi connectivity index (χ2v) is 5.41. The minimum Gasteiger partial charge on any atom is -0.325 e. The first-order valence-electron chi connectivity index (χ1n) is 5.89. The molecule has 2 rings (SSSR count). The average molecular weight is 268 g/mol. The van der Waals surface area contributed by atoms with Crippen molar-refractivity contribution in [3.8, 4) is 0 Å². The maximum Gasteiger partial charge on any atom is 0.418 e. The third-order valence-electron chi connectivity index (χ3n) is 2.79. The molecule has 0 aliphatic carbocycles. The Labute approximate surface area is 109 Å². The molecule has 0 saturated carbocycles. The SMILES string of the molecule is CC(C)(N)Cc1ccc2c(C(F)(F)F)cncc2c1. The second-order valence-electron chi connectivity index (χ2n) is 5.41. The molecule has 2 N–H and O–H groups in total. The Balaban J connectivity index is 2.52. The molecule has 0 unspecified atom stereocenters. The number of fused-ring (bicyclic) bond motifs is 1. The molecule has 0 atom stereocenters. The first-order valence-corrected chi connectivity index (χ1v) is 5.89. The number of halogens is 3. The van der Waals surface area contributed by atoms with E-state index in [1.165, 1.54) is 12.3 Å². The summed E-state index contributed by atoms with van der Waals surface area (Å²) in [6.45, 7) is 3.75. The van der Waals surface area contributed by atoms with Crippen LogP contribution in [-0.2, 0) is 12.6 Å². The molecule has 0 radical (unpaired) electrons. The zero-order valence-electron chi connectivity index (χ0n) is 10.8. The van der Waals surface area contributed by atoms with Crippen molar-refractivity contribution in [1.82, 2.24) is 4.98 Å². The Hall–Kier alpha value is -1.62. The molecule has 0 aliphatic heterocycles. The third kappa shape index (κ3) is 3.23. The lowest BCUT2D eigenvalue weighted by Crippen LogP contribution is -2.34. The molecule has 2 aromatic rings. The average Bonchev–Trinajstić information content (AvgIpc) is 2.24. The van der Waals surface area contributed by atoms with Crippen LogP contribution < -0.4 is 5.73 Å². The first-order chi connectivity index (χ1) is 8.67. The van der Waals surface area contributed by atoms with E-state index in [2.05, 4.69) is 4.98 Å². The number of hydrogen-bond acceptors (Lipinski definition) is 2. The van der Waals surface area contributed by atoms with E-state index in [1.807, 2.05) is 13.8 Å². The largest absolute Gasteiger partial charge is 0.418 e. The summed E-state index contributed by atoms with van der Waals surface area (Å²) in [6, 6.07) is 4.89. The molecule has 1 heterocycles. The molecule has 2 nitrogen and oxygen atoms in total. The fraction of sp³-hybridized carbons (Fsp3) is 0.357. The molecule has 1 aromatic carbocycles. The fourth-order valence-electron chi connectivity index (χ4n) is 2.09. The minimum absolute atomic E-state index is 0.168. The number of nitrogens with two attached hydrogens (primary N) is 1. The predicted octanol–water partition coefficient (Wildman–Crippen LogP) is 3.53. The van der Waals surface area contributed by atoms with E-state index in [0.29, 0.717) is 11.8 Å². The van der Waals surface area contributed by atoms with Crippen molar-refractivity contribution in [1.29, 1.82) is 0 Å². The first kappa shape index (κ1) is 13.8. The number of benzene rings is 1. The smallest absolute Gasteiger partial charge is 0.325 e. The van der Waals surface area contributed by atoms with Crippen molar-refractivity contribution >= 4 is 10.8 Å². The quantitative estimate of drug-likeness (QED) is 0.904. The lowest BCUT2D eigenvalue weighted by Gasteiger charge is -2.19. The van der Waals surface area contributed by atoms with Gasteiger partial charge < -0.3 is 5.73 Å². The van der Waals surface area contributed by atoms with Crippen LogP contribution >= 0.6 is 0 Å². The molecular formula is C14H15F3N2. The zero-order valence-corrected chi connectivity index (χ0v) is 10.8. The van der Waals surface area contributed by atoms with E-state index in [9.17, 15) is 13.2 Å². The molecule has 5 heteroatoms. The van der Waals surface area contributed by atoms with Gasteiger partial charge in [-0.05, 0) is 37.3 Å². The van der Waals surface area contributed by atoms with Crippen molar-refractivity contribution < 1.29 is 13.2 Å². The van der Waals surface area contributed by atoms with Gasteiger partial charge in [-0.2, -0.15) is 13.2 Å². The van der Waals surface area contributed by atoms with Crippen LogP contribution in [0.1, 0.15) is 25.0 Å². The molecule has 1 aromatic heterocycles. The van der Waals surface area contributed by atoms with Crippen molar-refractivity contribution in [2.24, 2.45) is 5.73 Å². The van der Waals surface area contributed by atoms with Crippen LogP contribution in [0.4, 0.5) is 13.2 Å². The van der Waals surface area contributed by atoms with Crippen LogP contribution in [-0.4, -0.2) is 10.5 Å². The highest BCUT2D eigenvalue weighted by molar-refractivity contribution is 5.85. The summed E-state index contributed by atoms with van der Waals surface area (Å²) in [6.07, 6.45) is -1.49.